The molecule has 10 nitrogen and oxygen atoms in total. The van der Waals surface area contributed by atoms with Gasteiger partial charge in [-0.2, -0.15) is 10.2 Å². The normalized spacial score (nSPS) is 22.9. The third kappa shape index (κ3) is 5.80. The van der Waals surface area contributed by atoms with Gasteiger partial charge in [0.05, 0.1) is 41.2 Å². The SMILES string of the molecule is Cc1ccc(-n2nc(C)c(C(=O)N3CC4CN(CC[C@H](NC(=O)C5CCOC5)c5cccc(F)c5)CC4C3)c2C)nn1. The number of fused-ring (bicyclic) bond motifs is 1. The molecule has 2 aromatic heterocycles. The van der Waals surface area contributed by atoms with Crippen molar-refractivity contribution in [1.82, 2.24) is 35.1 Å². The highest BCUT2D eigenvalue weighted by Crippen LogP contribution is 2.33. The van der Waals surface area contributed by atoms with Crippen molar-refractivity contribution in [1.29, 1.82) is 0 Å². The van der Waals surface area contributed by atoms with Gasteiger partial charge in [0.1, 0.15) is 5.82 Å². The first kappa shape index (κ1) is 28.4. The van der Waals surface area contributed by atoms with Crippen LogP contribution in [0.1, 0.15) is 51.9 Å². The molecule has 3 fully saturated rings. The fourth-order valence-electron chi connectivity index (χ4n) is 6.66. The number of aromatic nitrogens is 4. The lowest BCUT2D eigenvalue weighted by atomic mass is 10.0. The number of amides is 2. The molecule has 3 aliphatic heterocycles. The number of aryl methyl sites for hydroxylation is 2. The Kier molecular flexibility index (Phi) is 8.04. The Bertz CT molecular complexity index is 1440. The van der Waals surface area contributed by atoms with Crippen LogP contribution < -0.4 is 5.32 Å². The zero-order chi connectivity index (χ0) is 29.4. The van der Waals surface area contributed by atoms with Crippen LogP contribution in [0.4, 0.5) is 4.39 Å². The molecular formula is C31H38FN7O3. The van der Waals surface area contributed by atoms with Crippen molar-refractivity contribution in [3.8, 4) is 5.82 Å². The molecule has 42 heavy (non-hydrogen) atoms. The second-order valence-electron chi connectivity index (χ2n) is 11.9. The molecule has 3 saturated heterocycles. The smallest absolute Gasteiger partial charge is 0.257 e. The van der Waals surface area contributed by atoms with E-state index in [2.05, 4.69) is 25.5 Å². The van der Waals surface area contributed by atoms with Crippen molar-refractivity contribution in [2.45, 2.75) is 39.7 Å². The van der Waals surface area contributed by atoms with Crippen LogP contribution in [0.3, 0.4) is 0 Å². The largest absolute Gasteiger partial charge is 0.381 e. The van der Waals surface area contributed by atoms with Gasteiger partial charge in [0.2, 0.25) is 5.91 Å². The lowest BCUT2D eigenvalue weighted by Gasteiger charge is -2.25. The van der Waals surface area contributed by atoms with E-state index in [0.717, 1.165) is 36.6 Å². The van der Waals surface area contributed by atoms with E-state index in [0.29, 0.717) is 68.1 Å². The Morgan fingerprint density at radius 3 is 2.52 bits per heavy atom. The van der Waals surface area contributed by atoms with E-state index in [1.54, 1.807) is 10.7 Å². The van der Waals surface area contributed by atoms with Crippen LogP contribution in [0.15, 0.2) is 36.4 Å². The molecule has 0 radical (unpaired) electrons. The highest BCUT2D eigenvalue weighted by Gasteiger charge is 2.42. The molecule has 0 saturated carbocycles. The Labute approximate surface area is 245 Å². The summed E-state index contributed by atoms with van der Waals surface area (Å²) in [4.78, 5) is 30.9. The number of halogens is 1. The van der Waals surface area contributed by atoms with Gasteiger partial charge in [-0.3, -0.25) is 9.59 Å². The molecule has 3 aliphatic rings. The van der Waals surface area contributed by atoms with Gasteiger partial charge in [0, 0.05) is 39.3 Å². The van der Waals surface area contributed by atoms with Crippen LogP contribution in [0, 0.1) is 44.3 Å². The first-order valence-corrected chi connectivity index (χ1v) is 14.8. The molecule has 3 aromatic rings. The molecule has 222 valence electrons. The van der Waals surface area contributed by atoms with E-state index >= 15 is 0 Å². The molecule has 1 aromatic carbocycles. The van der Waals surface area contributed by atoms with Gasteiger partial charge in [-0.05, 0) is 75.3 Å². The maximum absolute atomic E-state index is 14.1. The van der Waals surface area contributed by atoms with Crippen molar-refractivity contribution in [3.63, 3.8) is 0 Å². The standard InChI is InChI=1S/C31H38FN7O3/c1-19-7-8-28(35-34-19)39-21(3)29(20(2)36-39)31(41)38-16-24-14-37(15-25(24)17-38)11-9-27(22-5-4-6-26(32)13-22)33-30(40)23-10-12-42-18-23/h4-8,13,23-25,27H,9-12,14-18H2,1-3H3,(H,33,40)/t23?,24?,25?,27-/m0/s1. The molecule has 1 N–H and O–H groups in total. The summed E-state index contributed by atoms with van der Waals surface area (Å²) < 4.78 is 21.1. The predicted molar refractivity (Wildman–Crippen MR) is 154 cm³/mol. The molecule has 0 bridgehead atoms. The lowest BCUT2D eigenvalue weighted by Crippen LogP contribution is -2.37. The van der Waals surface area contributed by atoms with Crippen LogP contribution in [-0.4, -0.2) is 87.5 Å². The molecule has 4 atom stereocenters. The van der Waals surface area contributed by atoms with E-state index in [-0.39, 0.29) is 29.6 Å². The van der Waals surface area contributed by atoms with E-state index in [1.165, 1.54) is 12.1 Å². The number of carbonyl (C=O) groups excluding carboxylic acids is 2. The summed E-state index contributed by atoms with van der Waals surface area (Å²) in [6.45, 7) is 10.7. The van der Waals surface area contributed by atoms with Gasteiger partial charge in [0.25, 0.3) is 5.91 Å². The van der Waals surface area contributed by atoms with Gasteiger partial charge in [-0.15, -0.1) is 5.10 Å². The highest BCUT2D eigenvalue weighted by atomic mass is 19.1. The van der Waals surface area contributed by atoms with Gasteiger partial charge < -0.3 is 19.9 Å². The van der Waals surface area contributed by atoms with Crippen molar-refractivity contribution in [3.05, 3.63) is 70.4 Å². The summed E-state index contributed by atoms with van der Waals surface area (Å²) in [5.41, 5.74) is 3.69. The second-order valence-corrected chi connectivity index (χ2v) is 11.9. The fourth-order valence-corrected chi connectivity index (χ4v) is 6.66. The average molecular weight is 576 g/mol. The third-order valence-electron chi connectivity index (χ3n) is 8.96. The minimum atomic E-state index is -0.306. The zero-order valence-electron chi connectivity index (χ0n) is 24.4. The van der Waals surface area contributed by atoms with Gasteiger partial charge in [0.15, 0.2) is 5.82 Å². The lowest BCUT2D eigenvalue weighted by molar-refractivity contribution is -0.125. The topological polar surface area (TPSA) is 105 Å². The minimum absolute atomic E-state index is 0.0158. The number of hydrogen-bond donors (Lipinski definition) is 1. The molecule has 0 spiro atoms. The summed E-state index contributed by atoms with van der Waals surface area (Å²) in [6.07, 6.45) is 1.40. The number of nitrogens with one attached hydrogen (secondary N) is 1. The van der Waals surface area contributed by atoms with E-state index in [4.69, 9.17) is 4.74 Å². The summed E-state index contributed by atoms with van der Waals surface area (Å²) in [6, 6.07) is 9.97. The van der Waals surface area contributed by atoms with E-state index < -0.39 is 0 Å². The molecule has 0 aliphatic carbocycles. The number of ether oxygens (including phenoxy) is 1. The van der Waals surface area contributed by atoms with Crippen LogP contribution >= 0.6 is 0 Å². The molecule has 5 heterocycles. The maximum atomic E-state index is 14.1. The van der Waals surface area contributed by atoms with Crippen LogP contribution in [-0.2, 0) is 9.53 Å². The van der Waals surface area contributed by atoms with Gasteiger partial charge >= 0.3 is 0 Å². The Morgan fingerprint density at radius 1 is 1.07 bits per heavy atom. The number of hydrogen-bond acceptors (Lipinski definition) is 7. The Balaban J connectivity index is 1.07. The number of rotatable bonds is 8. The first-order valence-electron chi connectivity index (χ1n) is 14.8. The van der Waals surface area contributed by atoms with Crippen LogP contribution in [0.25, 0.3) is 5.82 Å². The van der Waals surface area contributed by atoms with E-state index in [1.807, 2.05) is 43.9 Å². The average Bonchev–Trinajstić information content (AvgIpc) is 3.76. The zero-order valence-corrected chi connectivity index (χ0v) is 24.4. The highest BCUT2D eigenvalue weighted by molar-refractivity contribution is 5.96. The van der Waals surface area contributed by atoms with Crippen molar-refractivity contribution < 1.29 is 18.7 Å². The quantitative estimate of drug-likeness (QED) is 0.440. The summed E-state index contributed by atoms with van der Waals surface area (Å²) in [5, 5.41) is 16.1. The van der Waals surface area contributed by atoms with Crippen molar-refractivity contribution in [2.24, 2.45) is 17.8 Å². The molecule has 2 amide bonds. The monoisotopic (exact) mass is 575 g/mol. The van der Waals surface area contributed by atoms with Crippen LogP contribution in [0.5, 0.6) is 0 Å². The van der Waals surface area contributed by atoms with E-state index in [9.17, 15) is 14.0 Å². The molecular weight excluding hydrogens is 537 g/mol. The number of likely N-dealkylation sites (tertiary alicyclic amines) is 2. The molecule has 3 unspecified atom stereocenters. The second kappa shape index (κ2) is 11.9. The van der Waals surface area contributed by atoms with Gasteiger partial charge in [-0.1, -0.05) is 12.1 Å². The Morgan fingerprint density at radius 2 is 1.86 bits per heavy atom. The summed E-state index contributed by atoms with van der Waals surface area (Å²) >= 11 is 0. The van der Waals surface area contributed by atoms with Crippen LogP contribution in [0.2, 0.25) is 0 Å². The Hall–Kier alpha value is -3.70. The maximum Gasteiger partial charge on any atom is 0.257 e. The van der Waals surface area contributed by atoms with Gasteiger partial charge in [-0.25, -0.2) is 9.07 Å². The number of carbonyl (C=O) groups is 2. The summed E-state index contributed by atoms with van der Waals surface area (Å²) in [5.74, 6) is 0.910. The number of nitrogens with zero attached hydrogens (tertiary/aromatic N) is 6. The summed E-state index contributed by atoms with van der Waals surface area (Å²) in [7, 11) is 0. The van der Waals surface area contributed by atoms with Crippen molar-refractivity contribution >= 4 is 11.8 Å². The molecule has 11 heteroatoms. The minimum Gasteiger partial charge on any atom is -0.381 e. The fraction of sp³-hybridized carbons (Fsp3) is 0.516. The predicted octanol–water partition coefficient (Wildman–Crippen LogP) is 3.01. The van der Waals surface area contributed by atoms with Crippen molar-refractivity contribution in [2.75, 3.05) is 45.9 Å². The first-order chi connectivity index (χ1) is 20.3. The number of benzene rings is 1. The third-order valence-corrected chi connectivity index (χ3v) is 8.96. The molecule has 6 rings (SSSR count).